The van der Waals surface area contributed by atoms with Gasteiger partial charge in [-0.2, -0.15) is 0 Å². The fourth-order valence-electron chi connectivity index (χ4n) is 6.81. The lowest BCUT2D eigenvalue weighted by atomic mass is 9.57. The lowest BCUT2D eigenvalue weighted by molar-refractivity contribution is -0.137. The van der Waals surface area contributed by atoms with Crippen molar-refractivity contribution in [3.63, 3.8) is 0 Å². The van der Waals surface area contributed by atoms with E-state index in [1.807, 2.05) is 29.3 Å². The molecule has 2 aromatic rings. The number of likely N-dealkylation sites (tertiary alicyclic amines) is 2. The van der Waals surface area contributed by atoms with E-state index in [-0.39, 0.29) is 11.9 Å². The molecular weight excluding hydrogens is 450 g/mol. The van der Waals surface area contributed by atoms with Gasteiger partial charge in [0.15, 0.2) is 0 Å². The highest BCUT2D eigenvalue weighted by molar-refractivity contribution is 5.76. The lowest BCUT2D eigenvalue weighted by Crippen LogP contribution is -2.68. The van der Waals surface area contributed by atoms with E-state index in [1.54, 1.807) is 13.3 Å². The summed E-state index contributed by atoms with van der Waals surface area (Å²) in [5, 5.41) is 12.7. The molecule has 3 atom stereocenters. The molecule has 1 aromatic carbocycles. The van der Waals surface area contributed by atoms with Crippen LogP contribution in [-0.4, -0.2) is 70.7 Å². The van der Waals surface area contributed by atoms with E-state index in [2.05, 4.69) is 35.9 Å². The topological polar surface area (TPSA) is 65.9 Å². The Balaban J connectivity index is 1.44. The van der Waals surface area contributed by atoms with Crippen LogP contribution in [0.1, 0.15) is 62.1 Å². The first kappa shape index (κ1) is 25.2. The molecule has 3 unspecified atom stereocenters. The summed E-state index contributed by atoms with van der Waals surface area (Å²) in [4.78, 5) is 22.0. The van der Waals surface area contributed by atoms with Gasteiger partial charge < -0.3 is 14.7 Å². The molecule has 2 saturated heterocycles. The fourth-order valence-corrected chi connectivity index (χ4v) is 6.81. The number of rotatable bonds is 7. The van der Waals surface area contributed by atoms with E-state index in [1.165, 1.54) is 24.0 Å². The second-order valence-corrected chi connectivity index (χ2v) is 11.3. The van der Waals surface area contributed by atoms with Gasteiger partial charge in [0.2, 0.25) is 5.91 Å². The van der Waals surface area contributed by atoms with Gasteiger partial charge in [-0.25, -0.2) is 0 Å². The summed E-state index contributed by atoms with van der Waals surface area (Å²) < 4.78 is 5.62. The SMILES string of the molecule is COc1ccc(C)c(C23CCN(C(=O)CCc4cccnc4)CCC2(O)C(C)N(CC2CC2)CC3)c1. The monoisotopic (exact) mass is 491 g/mol. The largest absolute Gasteiger partial charge is 0.497 e. The van der Waals surface area contributed by atoms with Gasteiger partial charge in [0.1, 0.15) is 5.75 Å². The number of carbonyl (C=O) groups is 1. The van der Waals surface area contributed by atoms with Crippen molar-refractivity contribution in [3.8, 4) is 5.75 Å². The minimum atomic E-state index is -0.921. The maximum atomic E-state index is 13.3. The molecule has 1 N–H and O–H groups in total. The number of hydrogen-bond donors (Lipinski definition) is 1. The number of amides is 1. The molecule has 3 aliphatic rings. The number of piperidine rings is 1. The van der Waals surface area contributed by atoms with E-state index in [9.17, 15) is 9.90 Å². The van der Waals surface area contributed by atoms with Crippen LogP contribution < -0.4 is 4.74 Å². The average Bonchev–Trinajstić information content (AvgIpc) is 3.73. The van der Waals surface area contributed by atoms with Crippen molar-refractivity contribution >= 4 is 5.91 Å². The van der Waals surface area contributed by atoms with E-state index in [0.29, 0.717) is 32.4 Å². The third-order valence-corrected chi connectivity index (χ3v) is 9.32. The van der Waals surface area contributed by atoms with Crippen LogP contribution in [0, 0.1) is 12.8 Å². The van der Waals surface area contributed by atoms with Crippen molar-refractivity contribution in [2.75, 3.05) is 33.3 Å². The maximum Gasteiger partial charge on any atom is 0.222 e. The Bertz CT molecular complexity index is 1070. The van der Waals surface area contributed by atoms with Crippen molar-refractivity contribution in [2.45, 2.75) is 75.9 Å². The third-order valence-electron chi connectivity index (χ3n) is 9.32. The highest BCUT2D eigenvalue weighted by Gasteiger charge is 2.59. The molecule has 0 spiro atoms. The van der Waals surface area contributed by atoms with Crippen LogP contribution in [0.3, 0.4) is 0 Å². The predicted molar refractivity (Wildman–Crippen MR) is 141 cm³/mol. The van der Waals surface area contributed by atoms with Crippen molar-refractivity contribution < 1.29 is 14.6 Å². The summed E-state index contributed by atoms with van der Waals surface area (Å²) in [6.45, 7) is 7.67. The number of methoxy groups -OCH3 is 1. The standard InChI is InChI=1S/C30H41N3O3/c1-22-6-10-26(36-3)19-27(22)29-12-16-32(28(34)11-9-24-5-4-15-31-20-24)18-14-30(29,35)23(2)33(17-13-29)21-25-7-8-25/h4-6,10,15,19-20,23,25,35H,7-9,11-14,16-18,21H2,1-3H3. The van der Waals surface area contributed by atoms with E-state index >= 15 is 0 Å². The number of nitrogens with zero attached hydrogens (tertiary/aromatic N) is 3. The summed E-state index contributed by atoms with van der Waals surface area (Å²) in [5.74, 6) is 1.77. The molecule has 6 heteroatoms. The minimum Gasteiger partial charge on any atom is -0.497 e. The third kappa shape index (κ3) is 4.66. The smallest absolute Gasteiger partial charge is 0.222 e. The molecule has 6 nitrogen and oxygen atoms in total. The number of pyridine rings is 1. The molecule has 1 amide bonds. The van der Waals surface area contributed by atoms with Crippen molar-refractivity contribution in [1.82, 2.24) is 14.8 Å². The molecular formula is C30H41N3O3. The first-order chi connectivity index (χ1) is 17.4. The Labute approximate surface area is 215 Å². The molecule has 3 fully saturated rings. The highest BCUT2D eigenvalue weighted by atomic mass is 16.5. The van der Waals surface area contributed by atoms with Crippen LogP contribution in [-0.2, 0) is 16.6 Å². The van der Waals surface area contributed by atoms with Crippen LogP contribution in [0.5, 0.6) is 5.75 Å². The van der Waals surface area contributed by atoms with Crippen LogP contribution in [0.2, 0.25) is 0 Å². The molecule has 0 radical (unpaired) electrons. The molecule has 194 valence electrons. The van der Waals surface area contributed by atoms with E-state index in [0.717, 1.165) is 43.2 Å². The Morgan fingerprint density at radius 3 is 2.67 bits per heavy atom. The number of hydrogen-bond acceptors (Lipinski definition) is 5. The van der Waals surface area contributed by atoms with Crippen LogP contribution in [0.15, 0.2) is 42.7 Å². The zero-order valence-electron chi connectivity index (χ0n) is 22.1. The number of benzene rings is 1. The van der Waals surface area contributed by atoms with Gasteiger partial charge in [0.05, 0.1) is 12.7 Å². The quantitative estimate of drug-likeness (QED) is 0.631. The predicted octanol–water partition coefficient (Wildman–Crippen LogP) is 4.13. The first-order valence-electron chi connectivity index (χ1n) is 13.6. The van der Waals surface area contributed by atoms with Gasteiger partial charge in [0.25, 0.3) is 0 Å². The molecule has 36 heavy (non-hydrogen) atoms. The van der Waals surface area contributed by atoms with Crippen LogP contribution in [0.4, 0.5) is 0 Å². The van der Waals surface area contributed by atoms with Gasteiger partial charge in [-0.1, -0.05) is 12.1 Å². The number of carbonyl (C=O) groups excluding carboxylic acids is 1. The Kier molecular flexibility index (Phi) is 7.10. The second-order valence-electron chi connectivity index (χ2n) is 11.3. The first-order valence-corrected chi connectivity index (χ1v) is 13.6. The Morgan fingerprint density at radius 1 is 1.17 bits per heavy atom. The summed E-state index contributed by atoms with van der Waals surface area (Å²) in [7, 11) is 1.70. The van der Waals surface area contributed by atoms with Crippen LogP contribution >= 0.6 is 0 Å². The Hall–Kier alpha value is -2.44. The normalized spacial score (nSPS) is 28.9. The zero-order chi connectivity index (χ0) is 25.3. The average molecular weight is 492 g/mol. The summed E-state index contributed by atoms with van der Waals surface area (Å²) in [5.41, 5.74) is 2.13. The van der Waals surface area contributed by atoms with Gasteiger partial charge >= 0.3 is 0 Å². The summed E-state index contributed by atoms with van der Waals surface area (Å²) in [6, 6.07) is 10.2. The number of fused-ring (bicyclic) bond motifs is 1. The van der Waals surface area contributed by atoms with E-state index < -0.39 is 11.0 Å². The molecule has 1 aliphatic carbocycles. The van der Waals surface area contributed by atoms with Crippen LogP contribution in [0.25, 0.3) is 0 Å². The van der Waals surface area contributed by atoms with Crippen molar-refractivity contribution in [1.29, 1.82) is 0 Å². The molecule has 1 saturated carbocycles. The highest BCUT2D eigenvalue weighted by Crippen LogP contribution is 2.53. The number of ether oxygens (including phenoxy) is 1. The number of aryl methyl sites for hydroxylation is 2. The lowest BCUT2D eigenvalue weighted by Gasteiger charge is -2.57. The van der Waals surface area contributed by atoms with Gasteiger partial charge in [0, 0.05) is 49.9 Å². The van der Waals surface area contributed by atoms with Crippen molar-refractivity contribution in [2.24, 2.45) is 5.92 Å². The zero-order valence-corrected chi connectivity index (χ0v) is 22.1. The van der Waals surface area contributed by atoms with Gasteiger partial charge in [-0.05, 0) is 99.7 Å². The summed E-state index contributed by atoms with van der Waals surface area (Å²) >= 11 is 0. The van der Waals surface area contributed by atoms with E-state index in [4.69, 9.17) is 4.74 Å². The Morgan fingerprint density at radius 2 is 1.94 bits per heavy atom. The van der Waals surface area contributed by atoms with Crippen molar-refractivity contribution in [3.05, 3.63) is 59.4 Å². The minimum absolute atomic E-state index is 0.0305. The van der Waals surface area contributed by atoms with Gasteiger partial charge in [-0.3, -0.25) is 14.7 Å². The molecule has 5 rings (SSSR count). The maximum absolute atomic E-state index is 13.3. The number of aromatic nitrogens is 1. The van der Waals surface area contributed by atoms with Gasteiger partial charge in [-0.15, -0.1) is 0 Å². The molecule has 3 heterocycles. The summed E-state index contributed by atoms with van der Waals surface area (Å²) in [6.07, 6.45) is 9.62. The second kappa shape index (κ2) is 10.1. The molecule has 0 bridgehead atoms. The number of aliphatic hydroxyl groups is 1. The molecule has 2 aliphatic heterocycles. The fraction of sp³-hybridized carbons (Fsp3) is 0.600. The molecule has 1 aromatic heterocycles.